The number of anilines is 2. The lowest BCUT2D eigenvalue weighted by molar-refractivity contribution is -0.137. The van der Waals surface area contributed by atoms with Crippen LogP contribution in [0.5, 0.6) is 0 Å². The Morgan fingerprint density at radius 3 is 2.27 bits per heavy atom. The summed E-state index contributed by atoms with van der Waals surface area (Å²) in [5.74, 6) is -0.596. The minimum atomic E-state index is -4.66. The molecule has 3 aromatic carbocycles. The molecule has 4 aromatic rings. The van der Waals surface area contributed by atoms with Gasteiger partial charge in [0.15, 0.2) is 0 Å². The van der Waals surface area contributed by atoms with Gasteiger partial charge in [-0.2, -0.15) is 13.2 Å². The van der Waals surface area contributed by atoms with Crippen LogP contribution in [0.1, 0.15) is 11.1 Å². The first kappa shape index (κ1) is 26.3. The molecule has 7 nitrogen and oxygen atoms in total. The maximum atomic E-state index is 13.3. The largest absolute Gasteiger partial charge is 0.418 e. The SMILES string of the molecule is O=C(Nc1ccccc1C(F)(F)F)NC(Cc1ccccc1)C(=O)Nc1nnc(-c2ccc(Br)cc2)s1. The van der Waals surface area contributed by atoms with Gasteiger partial charge in [-0.25, -0.2) is 4.79 Å². The second-order valence-electron chi connectivity index (χ2n) is 7.79. The van der Waals surface area contributed by atoms with Crippen molar-refractivity contribution in [3.63, 3.8) is 0 Å². The molecule has 0 aliphatic heterocycles. The summed E-state index contributed by atoms with van der Waals surface area (Å²) in [7, 11) is 0. The number of carbonyl (C=O) groups is 2. The number of aromatic nitrogens is 2. The van der Waals surface area contributed by atoms with E-state index in [1.54, 1.807) is 30.3 Å². The molecule has 3 N–H and O–H groups in total. The number of urea groups is 1. The van der Waals surface area contributed by atoms with Gasteiger partial charge in [-0.1, -0.05) is 81.9 Å². The summed E-state index contributed by atoms with van der Waals surface area (Å²) in [5, 5.41) is 16.2. The molecule has 0 saturated heterocycles. The average Bonchev–Trinajstić information content (AvgIpc) is 3.33. The summed E-state index contributed by atoms with van der Waals surface area (Å²) >= 11 is 4.52. The minimum absolute atomic E-state index is 0.0966. The van der Waals surface area contributed by atoms with Crippen LogP contribution >= 0.6 is 27.3 Å². The molecule has 4 rings (SSSR count). The van der Waals surface area contributed by atoms with E-state index in [0.29, 0.717) is 5.01 Å². The Bertz CT molecular complexity index is 1380. The summed E-state index contributed by atoms with van der Waals surface area (Å²) in [6, 6.07) is 18.8. The number of hydrogen-bond acceptors (Lipinski definition) is 5. The van der Waals surface area contributed by atoms with Crippen molar-refractivity contribution < 1.29 is 22.8 Å². The standard InChI is InChI=1S/C25H19BrF3N5O2S/c26-17-12-10-16(11-13-17)22-33-34-24(37-22)32-21(35)20(14-15-6-2-1-3-7-15)31-23(36)30-19-9-5-4-8-18(19)25(27,28)29/h1-13,20H,14H2,(H2,30,31,36)(H,32,34,35). The molecule has 190 valence electrons. The highest BCUT2D eigenvalue weighted by Gasteiger charge is 2.34. The summed E-state index contributed by atoms with van der Waals surface area (Å²) in [6.45, 7) is 0. The molecule has 0 spiro atoms. The van der Waals surface area contributed by atoms with Gasteiger partial charge in [0.05, 0.1) is 11.3 Å². The zero-order valence-electron chi connectivity index (χ0n) is 18.9. The highest BCUT2D eigenvalue weighted by Crippen LogP contribution is 2.34. The van der Waals surface area contributed by atoms with Gasteiger partial charge in [-0.05, 0) is 29.8 Å². The lowest BCUT2D eigenvalue weighted by atomic mass is 10.1. The number of hydrogen-bond donors (Lipinski definition) is 3. The Hall–Kier alpha value is -3.77. The van der Waals surface area contributed by atoms with E-state index >= 15 is 0 Å². The molecule has 3 amide bonds. The van der Waals surface area contributed by atoms with Crippen molar-refractivity contribution in [2.45, 2.75) is 18.6 Å². The lowest BCUT2D eigenvalue weighted by Crippen LogP contribution is -2.47. The van der Waals surface area contributed by atoms with E-state index in [1.165, 1.54) is 12.1 Å². The number of amides is 3. The van der Waals surface area contributed by atoms with Crippen molar-refractivity contribution in [3.8, 4) is 10.6 Å². The molecule has 1 unspecified atom stereocenters. The van der Waals surface area contributed by atoms with Crippen molar-refractivity contribution in [3.05, 3.63) is 94.5 Å². The van der Waals surface area contributed by atoms with Crippen LogP contribution in [0.3, 0.4) is 0 Å². The van der Waals surface area contributed by atoms with Crippen LogP contribution in [0, 0.1) is 0 Å². The Morgan fingerprint density at radius 2 is 1.57 bits per heavy atom. The molecule has 0 aliphatic rings. The van der Waals surface area contributed by atoms with Crippen molar-refractivity contribution in [1.29, 1.82) is 0 Å². The maximum absolute atomic E-state index is 13.3. The van der Waals surface area contributed by atoms with Crippen LogP contribution in [0.15, 0.2) is 83.3 Å². The van der Waals surface area contributed by atoms with Crippen molar-refractivity contribution in [2.75, 3.05) is 10.6 Å². The minimum Gasteiger partial charge on any atom is -0.326 e. The van der Waals surface area contributed by atoms with E-state index in [1.807, 2.05) is 24.3 Å². The van der Waals surface area contributed by atoms with Crippen LogP contribution in [-0.2, 0) is 17.4 Å². The Kier molecular flexibility index (Phi) is 8.19. The fraction of sp³-hybridized carbons (Fsp3) is 0.120. The van der Waals surface area contributed by atoms with Crippen LogP contribution < -0.4 is 16.0 Å². The molecule has 12 heteroatoms. The molecule has 1 heterocycles. The molecule has 0 saturated carbocycles. The summed E-state index contributed by atoms with van der Waals surface area (Å²) in [4.78, 5) is 25.8. The van der Waals surface area contributed by atoms with Gasteiger partial charge in [0.25, 0.3) is 0 Å². The zero-order chi connectivity index (χ0) is 26.4. The highest BCUT2D eigenvalue weighted by atomic mass is 79.9. The van der Waals surface area contributed by atoms with Gasteiger partial charge < -0.3 is 10.6 Å². The zero-order valence-corrected chi connectivity index (χ0v) is 21.3. The lowest BCUT2D eigenvalue weighted by Gasteiger charge is -2.19. The maximum Gasteiger partial charge on any atom is 0.418 e. The second kappa shape index (κ2) is 11.5. The van der Waals surface area contributed by atoms with Gasteiger partial charge in [0.2, 0.25) is 11.0 Å². The molecular formula is C25H19BrF3N5O2S. The predicted molar refractivity (Wildman–Crippen MR) is 139 cm³/mol. The Morgan fingerprint density at radius 1 is 0.892 bits per heavy atom. The van der Waals surface area contributed by atoms with Gasteiger partial charge >= 0.3 is 12.2 Å². The third-order valence-corrected chi connectivity index (χ3v) is 6.55. The number of para-hydroxylation sites is 1. The van der Waals surface area contributed by atoms with Gasteiger partial charge in [-0.3, -0.25) is 10.1 Å². The van der Waals surface area contributed by atoms with E-state index in [4.69, 9.17) is 0 Å². The van der Waals surface area contributed by atoms with Gasteiger partial charge in [-0.15, -0.1) is 10.2 Å². The normalized spacial score (nSPS) is 12.0. The van der Waals surface area contributed by atoms with Crippen LogP contribution in [-0.4, -0.2) is 28.2 Å². The summed E-state index contributed by atoms with van der Waals surface area (Å²) in [5.41, 5.74) is 0.132. The number of carbonyl (C=O) groups excluding carboxylic acids is 2. The molecule has 1 atom stereocenters. The van der Waals surface area contributed by atoms with E-state index < -0.39 is 35.4 Å². The van der Waals surface area contributed by atoms with Crippen LogP contribution in [0.4, 0.5) is 28.8 Å². The number of halogens is 4. The van der Waals surface area contributed by atoms with Gasteiger partial charge in [0, 0.05) is 16.5 Å². The molecule has 0 bridgehead atoms. The molecular weight excluding hydrogens is 571 g/mol. The number of benzene rings is 3. The monoisotopic (exact) mass is 589 g/mol. The van der Waals surface area contributed by atoms with Gasteiger partial charge in [0.1, 0.15) is 11.0 Å². The number of rotatable bonds is 7. The molecule has 0 fully saturated rings. The van der Waals surface area contributed by atoms with Crippen LogP contribution in [0.2, 0.25) is 0 Å². The first-order chi connectivity index (χ1) is 17.7. The summed E-state index contributed by atoms with van der Waals surface area (Å²) < 4.78 is 40.8. The highest BCUT2D eigenvalue weighted by molar-refractivity contribution is 9.10. The third kappa shape index (κ3) is 7.14. The topological polar surface area (TPSA) is 96.0 Å². The van der Waals surface area contributed by atoms with Crippen molar-refractivity contribution >= 4 is 50.0 Å². The van der Waals surface area contributed by atoms with Crippen LogP contribution in [0.25, 0.3) is 10.6 Å². The van der Waals surface area contributed by atoms with E-state index in [-0.39, 0.29) is 11.6 Å². The summed E-state index contributed by atoms with van der Waals surface area (Å²) in [6.07, 6.45) is -4.56. The smallest absolute Gasteiger partial charge is 0.326 e. The van der Waals surface area contributed by atoms with Crippen molar-refractivity contribution in [2.24, 2.45) is 0 Å². The van der Waals surface area contributed by atoms with Crippen molar-refractivity contribution in [1.82, 2.24) is 15.5 Å². The first-order valence-electron chi connectivity index (χ1n) is 10.9. The number of alkyl halides is 3. The van der Waals surface area contributed by atoms with E-state index in [9.17, 15) is 22.8 Å². The van der Waals surface area contributed by atoms with E-state index in [0.717, 1.165) is 39.1 Å². The Balaban J connectivity index is 1.50. The van der Waals surface area contributed by atoms with E-state index in [2.05, 4.69) is 42.1 Å². The molecule has 0 radical (unpaired) electrons. The number of nitrogens with one attached hydrogen (secondary N) is 3. The fourth-order valence-corrected chi connectivity index (χ4v) is 4.41. The predicted octanol–water partition coefficient (Wildman–Crippen LogP) is 6.36. The molecule has 0 aliphatic carbocycles. The Labute approximate surface area is 222 Å². The number of nitrogens with zero attached hydrogens (tertiary/aromatic N) is 2. The first-order valence-corrected chi connectivity index (χ1v) is 12.5. The quantitative estimate of drug-likeness (QED) is 0.234. The fourth-order valence-electron chi connectivity index (χ4n) is 3.39. The second-order valence-corrected chi connectivity index (χ2v) is 9.69. The molecule has 37 heavy (non-hydrogen) atoms. The average molecular weight is 590 g/mol. The third-order valence-electron chi connectivity index (χ3n) is 5.13. The molecule has 1 aromatic heterocycles.